The molecule has 2 aromatic rings. The highest BCUT2D eigenvalue weighted by molar-refractivity contribution is 7.84. The number of aryl methyl sites for hydroxylation is 1. The van der Waals surface area contributed by atoms with E-state index in [2.05, 4.69) is 0 Å². The lowest BCUT2D eigenvalue weighted by atomic mass is 10.2. The molecule has 21 heavy (non-hydrogen) atoms. The second kappa shape index (κ2) is 6.24. The van der Waals surface area contributed by atoms with Crippen molar-refractivity contribution in [2.75, 3.05) is 5.73 Å². The van der Waals surface area contributed by atoms with Crippen LogP contribution in [-0.4, -0.2) is 9.13 Å². The predicted molar refractivity (Wildman–Crippen MR) is 83.8 cm³/mol. The number of halogens is 1. The zero-order valence-electron chi connectivity index (χ0n) is 11.2. The zero-order chi connectivity index (χ0) is 15.6. The SMILES string of the molecule is Cc1cc(N)ccc1S(=O)Cc1cc(Cl)ccc1[N+](=O)[O-]. The number of anilines is 1. The number of nitrogens with two attached hydrogens (primary N) is 1. The fourth-order valence-electron chi connectivity index (χ4n) is 1.99. The Kier molecular flexibility index (Phi) is 4.59. The highest BCUT2D eigenvalue weighted by Gasteiger charge is 2.18. The predicted octanol–water partition coefficient (Wildman–Crippen LogP) is 3.45. The third-order valence-corrected chi connectivity index (χ3v) is 4.73. The molecule has 0 amide bonds. The molecule has 5 nitrogen and oxygen atoms in total. The fraction of sp³-hybridized carbons (Fsp3) is 0.143. The first-order chi connectivity index (χ1) is 9.88. The molecule has 0 radical (unpaired) electrons. The molecule has 110 valence electrons. The molecule has 0 heterocycles. The van der Waals surface area contributed by atoms with Crippen LogP contribution in [0.4, 0.5) is 11.4 Å². The summed E-state index contributed by atoms with van der Waals surface area (Å²) >= 11 is 5.86. The van der Waals surface area contributed by atoms with Gasteiger partial charge in [0.1, 0.15) is 0 Å². The molecule has 0 saturated carbocycles. The molecule has 0 aliphatic heterocycles. The van der Waals surface area contributed by atoms with E-state index in [4.69, 9.17) is 17.3 Å². The van der Waals surface area contributed by atoms with Gasteiger partial charge in [-0.15, -0.1) is 0 Å². The first-order valence-corrected chi connectivity index (χ1v) is 7.75. The third kappa shape index (κ3) is 3.59. The maximum atomic E-state index is 12.4. The van der Waals surface area contributed by atoms with Crippen molar-refractivity contribution in [3.05, 3.63) is 62.7 Å². The Balaban J connectivity index is 2.35. The van der Waals surface area contributed by atoms with E-state index in [1.807, 2.05) is 0 Å². The smallest absolute Gasteiger partial charge is 0.273 e. The Morgan fingerprint density at radius 2 is 2.00 bits per heavy atom. The lowest BCUT2D eigenvalue weighted by molar-refractivity contribution is -0.385. The van der Waals surface area contributed by atoms with Crippen molar-refractivity contribution in [3.63, 3.8) is 0 Å². The molecule has 1 atom stereocenters. The molecule has 0 spiro atoms. The lowest BCUT2D eigenvalue weighted by Crippen LogP contribution is -2.03. The van der Waals surface area contributed by atoms with E-state index in [0.717, 1.165) is 5.56 Å². The molecule has 2 N–H and O–H groups in total. The molecule has 2 rings (SSSR count). The van der Waals surface area contributed by atoms with Gasteiger partial charge in [0.2, 0.25) is 0 Å². The minimum Gasteiger partial charge on any atom is -0.399 e. The van der Waals surface area contributed by atoms with E-state index in [1.54, 1.807) is 25.1 Å². The van der Waals surface area contributed by atoms with Gasteiger partial charge in [-0.3, -0.25) is 14.3 Å². The largest absolute Gasteiger partial charge is 0.399 e. The van der Waals surface area contributed by atoms with Crippen molar-refractivity contribution in [2.45, 2.75) is 17.6 Å². The summed E-state index contributed by atoms with van der Waals surface area (Å²) in [5.41, 5.74) is 7.30. The number of rotatable bonds is 4. The monoisotopic (exact) mass is 324 g/mol. The first kappa shape index (κ1) is 15.5. The molecule has 7 heteroatoms. The van der Waals surface area contributed by atoms with E-state index in [-0.39, 0.29) is 11.4 Å². The van der Waals surface area contributed by atoms with E-state index in [9.17, 15) is 14.3 Å². The normalized spacial score (nSPS) is 12.1. The van der Waals surface area contributed by atoms with E-state index >= 15 is 0 Å². The average Bonchev–Trinajstić information content (AvgIpc) is 2.37. The zero-order valence-corrected chi connectivity index (χ0v) is 12.8. The van der Waals surface area contributed by atoms with Crippen LogP contribution in [-0.2, 0) is 16.6 Å². The van der Waals surface area contributed by atoms with Crippen LogP contribution in [0.15, 0.2) is 41.3 Å². The minimum atomic E-state index is -1.41. The van der Waals surface area contributed by atoms with Crippen molar-refractivity contribution in [1.29, 1.82) is 0 Å². The summed E-state index contributed by atoms with van der Waals surface area (Å²) in [5, 5.41) is 11.4. The van der Waals surface area contributed by atoms with Crippen LogP contribution in [0, 0.1) is 17.0 Å². The van der Waals surface area contributed by atoms with Gasteiger partial charge in [-0.1, -0.05) is 11.6 Å². The van der Waals surface area contributed by atoms with Crippen molar-refractivity contribution < 1.29 is 9.13 Å². The summed E-state index contributed by atoms with van der Waals surface area (Å²) in [7, 11) is -1.41. The second-order valence-corrected chi connectivity index (χ2v) is 6.40. The van der Waals surface area contributed by atoms with Gasteiger partial charge in [0.15, 0.2) is 0 Å². The Labute approximate surface area is 129 Å². The van der Waals surface area contributed by atoms with Crippen LogP contribution in [0.2, 0.25) is 5.02 Å². The van der Waals surface area contributed by atoms with E-state index < -0.39 is 15.7 Å². The maximum absolute atomic E-state index is 12.4. The highest BCUT2D eigenvalue weighted by Crippen LogP contribution is 2.26. The molecule has 0 aliphatic rings. The molecule has 2 aromatic carbocycles. The van der Waals surface area contributed by atoms with Crippen LogP contribution in [0.25, 0.3) is 0 Å². The molecule has 0 fully saturated rings. The standard InChI is InChI=1S/C14H13ClN2O3S/c1-9-6-12(16)3-5-14(9)21(20)8-10-7-11(15)2-4-13(10)17(18)19/h2-7H,8,16H2,1H3. The number of hydrogen-bond donors (Lipinski definition) is 1. The van der Waals surface area contributed by atoms with E-state index in [1.165, 1.54) is 18.2 Å². The molecule has 0 saturated heterocycles. The Bertz CT molecular complexity index is 734. The minimum absolute atomic E-state index is 0.0294. The van der Waals surface area contributed by atoms with E-state index in [0.29, 0.717) is 21.2 Å². The molecule has 1 unspecified atom stereocenters. The van der Waals surface area contributed by atoms with Crippen molar-refractivity contribution in [1.82, 2.24) is 0 Å². The number of nitrogen functional groups attached to an aromatic ring is 1. The van der Waals surface area contributed by atoms with Gasteiger partial charge in [-0.25, -0.2) is 0 Å². The molecular weight excluding hydrogens is 312 g/mol. The summed E-state index contributed by atoms with van der Waals surface area (Å²) in [5.74, 6) is 0.0294. The van der Waals surface area contributed by atoms with Crippen LogP contribution >= 0.6 is 11.6 Å². The summed E-state index contributed by atoms with van der Waals surface area (Å²) in [4.78, 5) is 11.1. The van der Waals surface area contributed by atoms with Gasteiger partial charge in [0.25, 0.3) is 5.69 Å². The molecule has 0 aromatic heterocycles. The van der Waals surface area contributed by atoms with Crippen LogP contribution in [0.3, 0.4) is 0 Å². The van der Waals surface area contributed by atoms with Crippen LogP contribution in [0.5, 0.6) is 0 Å². The van der Waals surface area contributed by atoms with Gasteiger partial charge < -0.3 is 5.73 Å². The first-order valence-electron chi connectivity index (χ1n) is 6.06. The number of nitro groups is 1. The van der Waals surface area contributed by atoms with Gasteiger partial charge in [-0.2, -0.15) is 0 Å². The van der Waals surface area contributed by atoms with Gasteiger partial charge >= 0.3 is 0 Å². The Hall–Kier alpha value is -1.92. The Morgan fingerprint density at radius 1 is 1.29 bits per heavy atom. The third-order valence-electron chi connectivity index (χ3n) is 2.97. The maximum Gasteiger partial charge on any atom is 0.273 e. The summed E-state index contributed by atoms with van der Waals surface area (Å²) in [6.45, 7) is 1.80. The highest BCUT2D eigenvalue weighted by atomic mass is 35.5. The molecule has 0 bridgehead atoms. The summed E-state index contributed by atoms with van der Waals surface area (Å²) in [6, 6.07) is 9.30. The molecule has 0 aliphatic carbocycles. The Morgan fingerprint density at radius 3 is 2.62 bits per heavy atom. The lowest BCUT2D eigenvalue weighted by Gasteiger charge is -2.08. The van der Waals surface area contributed by atoms with Crippen LogP contribution < -0.4 is 5.73 Å². The van der Waals surface area contributed by atoms with Gasteiger partial charge in [-0.05, 0) is 42.8 Å². The van der Waals surface area contributed by atoms with Crippen LogP contribution in [0.1, 0.15) is 11.1 Å². The quantitative estimate of drug-likeness (QED) is 0.530. The van der Waals surface area contributed by atoms with Crippen molar-refractivity contribution in [2.24, 2.45) is 0 Å². The summed E-state index contributed by atoms with van der Waals surface area (Å²) < 4.78 is 12.4. The second-order valence-electron chi connectivity index (χ2n) is 4.54. The topological polar surface area (TPSA) is 86.2 Å². The number of nitrogens with zero attached hydrogens (tertiary/aromatic N) is 1. The summed E-state index contributed by atoms with van der Waals surface area (Å²) in [6.07, 6.45) is 0. The number of benzene rings is 2. The average molecular weight is 325 g/mol. The van der Waals surface area contributed by atoms with Crippen molar-refractivity contribution >= 4 is 33.8 Å². The van der Waals surface area contributed by atoms with Gasteiger partial charge in [0, 0.05) is 27.2 Å². The number of hydrogen-bond acceptors (Lipinski definition) is 4. The van der Waals surface area contributed by atoms with Gasteiger partial charge in [0.05, 0.1) is 21.5 Å². The number of nitro benzene ring substituents is 1. The molecular formula is C14H13ClN2O3S. The fourth-order valence-corrected chi connectivity index (χ4v) is 3.50. The van der Waals surface area contributed by atoms with Crippen molar-refractivity contribution in [3.8, 4) is 0 Å².